The van der Waals surface area contributed by atoms with Crippen LogP contribution in [0.2, 0.25) is 5.02 Å². The van der Waals surface area contributed by atoms with Gasteiger partial charge in [0, 0.05) is 6.54 Å². The van der Waals surface area contributed by atoms with E-state index in [0.29, 0.717) is 23.0 Å². The average molecular weight is 307 g/mol. The lowest BCUT2D eigenvalue weighted by molar-refractivity contribution is 0.415. The molecule has 0 heterocycles. The van der Waals surface area contributed by atoms with Crippen LogP contribution in [0.25, 0.3) is 0 Å². The molecule has 0 spiro atoms. The molecule has 0 radical (unpaired) electrons. The predicted octanol–water partition coefficient (Wildman–Crippen LogP) is 2.09. The molecular weight excluding hydrogens is 288 g/mol. The summed E-state index contributed by atoms with van der Waals surface area (Å²) in [6.45, 7) is 4.70. The number of anilines is 1. The first-order valence-electron chi connectivity index (χ1n) is 5.96. The van der Waals surface area contributed by atoms with Gasteiger partial charge in [-0.05, 0) is 31.7 Å². The highest BCUT2D eigenvalue weighted by Crippen LogP contribution is 2.27. The van der Waals surface area contributed by atoms with Crippen LogP contribution in [0.1, 0.15) is 13.8 Å². The summed E-state index contributed by atoms with van der Waals surface area (Å²) in [5.41, 5.74) is 0.425. The largest absolute Gasteiger partial charge is 0.495 e. The van der Waals surface area contributed by atoms with Crippen LogP contribution in [0.3, 0.4) is 0 Å². The Balaban J connectivity index is 2.80. The Morgan fingerprint density at radius 2 is 2.11 bits per heavy atom. The second-order valence-electron chi connectivity index (χ2n) is 4.11. The van der Waals surface area contributed by atoms with E-state index < -0.39 is 15.3 Å². The summed E-state index contributed by atoms with van der Waals surface area (Å²) in [4.78, 5) is 0. The maximum absolute atomic E-state index is 12.0. The zero-order chi connectivity index (χ0) is 14.5. The van der Waals surface area contributed by atoms with Crippen molar-refractivity contribution in [3.8, 4) is 5.75 Å². The molecule has 0 aliphatic rings. The third kappa shape index (κ3) is 4.56. The van der Waals surface area contributed by atoms with Crippen molar-refractivity contribution in [3.63, 3.8) is 0 Å². The third-order valence-electron chi connectivity index (χ3n) is 2.62. The lowest BCUT2D eigenvalue weighted by Gasteiger charge is -2.15. The third-order valence-corrected chi connectivity index (χ3v) is 4.67. The molecule has 0 aromatic heterocycles. The topological polar surface area (TPSA) is 67.4 Å². The number of rotatable bonds is 7. The van der Waals surface area contributed by atoms with Crippen molar-refractivity contribution in [1.29, 1.82) is 0 Å². The van der Waals surface area contributed by atoms with Crippen molar-refractivity contribution in [2.45, 2.75) is 19.1 Å². The molecular formula is C12H19ClN2O3S. The molecule has 0 amide bonds. The van der Waals surface area contributed by atoms with Crippen molar-refractivity contribution < 1.29 is 13.2 Å². The molecule has 5 nitrogen and oxygen atoms in total. The van der Waals surface area contributed by atoms with Gasteiger partial charge in [0.2, 0.25) is 10.0 Å². The molecule has 1 rings (SSSR count). The number of nitrogens with one attached hydrogen (secondary N) is 2. The Labute approximate surface area is 119 Å². The van der Waals surface area contributed by atoms with Gasteiger partial charge in [0.25, 0.3) is 0 Å². The molecule has 7 heteroatoms. The van der Waals surface area contributed by atoms with Gasteiger partial charge in [0.1, 0.15) is 5.75 Å². The first kappa shape index (κ1) is 16.1. The smallest absolute Gasteiger partial charge is 0.236 e. The van der Waals surface area contributed by atoms with Gasteiger partial charge in [0.15, 0.2) is 0 Å². The molecule has 108 valence electrons. The van der Waals surface area contributed by atoms with E-state index in [4.69, 9.17) is 16.3 Å². The molecule has 1 aromatic carbocycles. The summed E-state index contributed by atoms with van der Waals surface area (Å²) in [6.07, 6.45) is 0. The van der Waals surface area contributed by atoms with Crippen LogP contribution in [0.15, 0.2) is 18.2 Å². The van der Waals surface area contributed by atoms with Crippen molar-refractivity contribution in [1.82, 2.24) is 5.32 Å². The van der Waals surface area contributed by atoms with Crippen LogP contribution in [0, 0.1) is 0 Å². The molecule has 0 bridgehead atoms. The maximum Gasteiger partial charge on any atom is 0.236 e. The number of hydrogen-bond donors (Lipinski definition) is 2. The summed E-state index contributed by atoms with van der Waals surface area (Å²) in [6, 6.07) is 4.76. The fraction of sp³-hybridized carbons (Fsp3) is 0.500. The molecule has 19 heavy (non-hydrogen) atoms. The standard InChI is InChI=1S/C12H19ClN2O3S/c1-4-14-8-9(2)19(16,17)15-10-5-6-12(18-3)11(13)7-10/h5-7,9,14-15H,4,8H2,1-3H3. The first-order valence-corrected chi connectivity index (χ1v) is 7.89. The molecule has 1 atom stereocenters. The normalized spacial score (nSPS) is 13.1. The fourth-order valence-corrected chi connectivity index (χ4v) is 2.70. The van der Waals surface area contributed by atoms with Gasteiger partial charge in [-0.2, -0.15) is 0 Å². The summed E-state index contributed by atoms with van der Waals surface area (Å²) in [7, 11) is -1.93. The minimum atomic E-state index is -3.43. The van der Waals surface area contributed by atoms with Crippen molar-refractivity contribution >= 4 is 27.3 Å². The Hall–Kier alpha value is -0.980. The van der Waals surface area contributed by atoms with Crippen LogP contribution >= 0.6 is 11.6 Å². The summed E-state index contributed by atoms with van der Waals surface area (Å²) in [5, 5.41) is 2.83. The number of halogens is 1. The number of benzene rings is 1. The van der Waals surface area contributed by atoms with Crippen LogP contribution in [-0.4, -0.2) is 33.9 Å². The predicted molar refractivity (Wildman–Crippen MR) is 78.6 cm³/mol. The average Bonchev–Trinajstić information content (AvgIpc) is 2.35. The highest BCUT2D eigenvalue weighted by Gasteiger charge is 2.20. The zero-order valence-electron chi connectivity index (χ0n) is 11.2. The molecule has 1 aromatic rings. The number of sulfonamides is 1. The van der Waals surface area contributed by atoms with Crippen molar-refractivity contribution in [2.75, 3.05) is 24.9 Å². The van der Waals surface area contributed by atoms with Gasteiger partial charge in [-0.3, -0.25) is 4.72 Å². The van der Waals surface area contributed by atoms with Crippen LogP contribution in [0.4, 0.5) is 5.69 Å². The number of methoxy groups -OCH3 is 1. The molecule has 1 unspecified atom stereocenters. The van der Waals surface area contributed by atoms with Gasteiger partial charge < -0.3 is 10.1 Å². The van der Waals surface area contributed by atoms with E-state index in [1.165, 1.54) is 13.2 Å². The minimum Gasteiger partial charge on any atom is -0.495 e. The summed E-state index contributed by atoms with van der Waals surface area (Å²) < 4.78 is 31.6. The van der Waals surface area contributed by atoms with Gasteiger partial charge in [-0.15, -0.1) is 0 Å². The number of hydrogen-bond acceptors (Lipinski definition) is 4. The summed E-state index contributed by atoms with van der Waals surface area (Å²) in [5.74, 6) is 0.505. The van der Waals surface area contributed by atoms with E-state index >= 15 is 0 Å². The monoisotopic (exact) mass is 306 g/mol. The zero-order valence-corrected chi connectivity index (χ0v) is 12.8. The van der Waals surface area contributed by atoms with E-state index in [2.05, 4.69) is 10.0 Å². The van der Waals surface area contributed by atoms with Gasteiger partial charge >= 0.3 is 0 Å². The van der Waals surface area contributed by atoms with E-state index in [-0.39, 0.29) is 0 Å². The second-order valence-corrected chi connectivity index (χ2v) is 6.62. The lowest BCUT2D eigenvalue weighted by atomic mass is 10.3. The fourth-order valence-electron chi connectivity index (χ4n) is 1.45. The molecule has 2 N–H and O–H groups in total. The van der Waals surface area contributed by atoms with E-state index in [0.717, 1.165) is 6.54 Å². The lowest BCUT2D eigenvalue weighted by Crippen LogP contribution is -2.34. The summed E-state index contributed by atoms with van der Waals surface area (Å²) >= 11 is 5.95. The van der Waals surface area contributed by atoms with Crippen molar-refractivity contribution in [3.05, 3.63) is 23.2 Å². The Morgan fingerprint density at radius 1 is 1.42 bits per heavy atom. The highest BCUT2D eigenvalue weighted by atomic mass is 35.5. The van der Waals surface area contributed by atoms with E-state index in [1.54, 1.807) is 19.1 Å². The van der Waals surface area contributed by atoms with E-state index in [9.17, 15) is 8.42 Å². The molecule has 0 saturated heterocycles. The second kappa shape index (κ2) is 6.98. The molecule has 0 aliphatic heterocycles. The van der Waals surface area contributed by atoms with Crippen LogP contribution in [0.5, 0.6) is 5.75 Å². The molecule has 0 saturated carbocycles. The van der Waals surface area contributed by atoms with Gasteiger partial charge in [-0.25, -0.2) is 8.42 Å². The first-order chi connectivity index (χ1) is 8.90. The maximum atomic E-state index is 12.0. The van der Waals surface area contributed by atoms with Gasteiger partial charge in [0.05, 0.1) is 23.1 Å². The Bertz CT molecular complexity index is 520. The molecule has 0 fully saturated rings. The SMILES string of the molecule is CCNCC(C)S(=O)(=O)Nc1ccc(OC)c(Cl)c1. The van der Waals surface area contributed by atoms with Gasteiger partial charge in [-0.1, -0.05) is 18.5 Å². The van der Waals surface area contributed by atoms with E-state index in [1.807, 2.05) is 6.92 Å². The van der Waals surface area contributed by atoms with Crippen LogP contribution in [-0.2, 0) is 10.0 Å². The van der Waals surface area contributed by atoms with Crippen molar-refractivity contribution in [2.24, 2.45) is 0 Å². The minimum absolute atomic E-state index is 0.363. The molecule has 0 aliphatic carbocycles. The Kier molecular flexibility index (Phi) is 5.90. The highest BCUT2D eigenvalue weighted by molar-refractivity contribution is 7.93. The number of ether oxygens (including phenoxy) is 1. The quantitative estimate of drug-likeness (QED) is 0.809. The van der Waals surface area contributed by atoms with Crippen LogP contribution < -0.4 is 14.8 Å². The Morgan fingerprint density at radius 3 is 2.63 bits per heavy atom.